The third-order valence-corrected chi connectivity index (χ3v) is 5.20. The van der Waals surface area contributed by atoms with Gasteiger partial charge < -0.3 is 10.2 Å². The van der Waals surface area contributed by atoms with Crippen molar-refractivity contribution in [1.29, 1.82) is 0 Å². The maximum absolute atomic E-state index is 3.80. The maximum atomic E-state index is 3.80. The molecule has 3 aliphatic rings. The van der Waals surface area contributed by atoms with E-state index in [2.05, 4.69) is 34.5 Å². The van der Waals surface area contributed by atoms with Crippen LogP contribution in [0.5, 0.6) is 0 Å². The molecule has 2 nitrogen and oxygen atoms in total. The quantitative estimate of drug-likeness (QED) is 0.893. The van der Waals surface area contributed by atoms with E-state index in [0.717, 1.165) is 18.4 Å². The minimum Gasteiger partial charge on any atom is -0.369 e. The van der Waals surface area contributed by atoms with E-state index in [1.165, 1.54) is 56.4 Å². The average Bonchev–Trinajstić information content (AvgIpc) is 3.20. The van der Waals surface area contributed by atoms with Gasteiger partial charge in [0.1, 0.15) is 0 Å². The first kappa shape index (κ1) is 11.8. The highest BCUT2D eigenvalue weighted by Gasteiger charge is 2.35. The lowest BCUT2D eigenvalue weighted by atomic mass is 9.85. The molecule has 0 bridgehead atoms. The zero-order valence-electron chi connectivity index (χ0n) is 11.6. The Morgan fingerprint density at radius 1 is 1.11 bits per heavy atom. The zero-order valence-corrected chi connectivity index (χ0v) is 11.6. The molecule has 0 aromatic heterocycles. The van der Waals surface area contributed by atoms with E-state index in [9.17, 15) is 0 Å². The predicted molar refractivity (Wildman–Crippen MR) is 79.3 cm³/mol. The molecule has 1 aromatic carbocycles. The number of fused-ring (bicyclic) bond motifs is 1. The minimum absolute atomic E-state index is 0.715. The van der Waals surface area contributed by atoms with Gasteiger partial charge in [0.15, 0.2) is 0 Å². The summed E-state index contributed by atoms with van der Waals surface area (Å²) in [5.74, 6) is 1.89. The molecule has 1 unspecified atom stereocenters. The molecule has 4 rings (SSSR count). The number of nitrogens with one attached hydrogen (secondary N) is 1. The van der Waals surface area contributed by atoms with E-state index in [4.69, 9.17) is 0 Å². The van der Waals surface area contributed by atoms with Crippen LogP contribution >= 0.6 is 0 Å². The zero-order chi connectivity index (χ0) is 12.7. The number of benzene rings is 1. The number of hydrogen-bond acceptors (Lipinski definition) is 2. The molecule has 1 aliphatic heterocycles. The monoisotopic (exact) mass is 256 g/mol. The fourth-order valence-corrected chi connectivity index (χ4v) is 3.58. The van der Waals surface area contributed by atoms with Crippen LogP contribution in [0.4, 0.5) is 5.69 Å². The summed E-state index contributed by atoms with van der Waals surface area (Å²) in [7, 11) is 0. The Kier molecular flexibility index (Phi) is 2.99. The summed E-state index contributed by atoms with van der Waals surface area (Å²) >= 11 is 0. The van der Waals surface area contributed by atoms with Crippen molar-refractivity contribution in [3.63, 3.8) is 0 Å². The van der Waals surface area contributed by atoms with Crippen LogP contribution in [0.1, 0.15) is 37.7 Å². The van der Waals surface area contributed by atoms with Gasteiger partial charge in [0.2, 0.25) is 0 Å². The highest BCUT2D eigenvalue weighted by Crippen LogP contribution is 2.37. The van der Waals surface area contributed by atoms with E-state index in [0.29, 0.717) is 6.04 Å². The SMILES string of the molecule is c1ccc2c(c1)CNC(C1CC1)CN2CC1CCC1. The Morgan fingerprint density at radius 3 is 2.68 bits per heavy atom. The number of para-hydroxylation sites is 1. The summed E-state index contributed by atoms with van der Waals surface area (Å²) in [6, 6.07) is 9.72. The topological polar surface area (TPSA) is 15.3 Å². The minimum atomic E-state index is 0.715. The Balaban J connectivity index is 1.58. The van der Waals surface area contributed by atoms with Crippen molar-refractivity contribution in [2.24, 2.45) is 11.8 Å². The molecule has 2 saturated carbocycles. The number of hydrogen-bond donors (Lipinski definition) is 1. The Hall–Kier alpha value is -1.02. The standard InChI is InChI=1S/C17H24N2/c1-2-7-17-15(6-1)10-18-16(14-8-9-14)12-19(17)11-13-4-3-5-13/h1-2,6-7,13-14,16,18H,3-5,8-12H2. The van der Waals surface area contributed by atoms with Crippen LogP contribution in [-0.4, -0.2) is 19.1 Å². The third kappa shape index (κ3) is 2.38. The molecule has 0 radical (unpaired) electrons. The van der Waals surface area contributed by atoms with Crippen molar-refractivity contribution >= 4 is 5.69 Å². The number of anilines is 1. The molecule has 2 fully saturated rings. The second kappa shape index (κ2) is 4.82. The van der Waals surface area contributed by atoms with Gasteiger partial charge in [-0.3, -0.25) is 0 Å². The van der Waals surface area contributed by atoms with Crippen molar-refractivity contribution < 1.29 is 0 Å². The summed E-state index contributed by atoms with van der Waals surface area (Å²) in [6.45, 7) is 3.55. The highest BCUT2D eigenvalue weighted by molar-refractivity contribution is 5.54. The molecule has 1 aromatic rings. The molecule has 2 heteroatoms. The van der Waals surface area contributed by atoms with Gasteiger partial charge in [-0.05, 0) is 49.1 Å². The second-order valence-electron chi connectivity index (χ2n) is 6.66. The van der Waals surface area contributed by atoms with Crippen LogP contribution in [0.15, 0.2) is 24.3 Å². The third-order valence-electron chi connectivity index (χ3n) is 5.20. The number of nitrogens with zero attached hydrogens (tertiary/aromatic N) is 1. The molecule has 2 aliphatic carbocycles. The van der Waals surface area contributed by atoms with Gasteiger partial charge in [0, 0.05) is 31.4 Å². The van der Waals surface area contributed by atoms with Crippen molar-refractivity contribution in [2.45, 2.75) is 44.7 Å². The molecule has 19 heavy (non-hydrogen) atoms. The van der Waals surface area contributed by atoms with Gasteiger partial charge in [0.05, 0.1) is 0 Å². The Labute approximate surface area is 116 Å². The first-order chi connectivity index (χ1) is 9.40. The molecule has 0 saturated heterocycles. The molecular weight excluding hydrogens is 232 g/mol. The average molecular weight is 256 g/mol. The van der Waals surface area contributed by atoms with Crippen molar-refractivity contribution in [2.75, 3.05) is 18.0 Å². The molecule has 102 valence electrons. The fraction of sp³-hybridized carbons (Fsp3) is 0.647. The molecule has 0 amide bonds. The highest BCUT2D eigenvalue weighted by atomic mass is 15.2. The normalized spacial score (nSPS) is 27.6. The van der Waals surface area contributed by atoms with Gasteiger partial charge in [-0.1, -0.05) is 24.6 Å². The van der Waals surface area contributed by atoms with Crippen LogP contribution < -0.4 is 10.2 Å². The Bertz CT molecular complexity index is 448. The van der Waals surface area contributed by atoms with Gasteiger partial charge in [-0.25, -0.2) is 0 Å². The summed E-state index contributed by atoms with van der Waals surface area (Å²) in [5.41, 5.74) is 2.98. The number of rotatable bonds is 3. The van der Waals surface area contributed by atoms with E-state index in [1.54, 1.807) is 0 Å². The van der Waals surface area contributed by atoms with Crippen molar-refractivity contribution in [1.82, 2.24) is 5.32 Å². The second-order valence-corrected chi connectivity index (χ2v) is 6.66. The van der Waals surface area contributed by atoms with Crippen LogP contribution in [0, 0.1) is 11.8 Å². The van der Waals surface area contributed by atoms with Crippen LogP contribution in [0.25, 0.3) is 0 Å². The molecule has 1 heterocycles. The van der Waals surface area contributed by atoms with Gasteiger partial charge in [0.25, 0.3) is 0 Å². The molecule has 1 N–H and O–H groups in total. The van der Waals surface area contributed by atoms with E-state index < -0.39 is 0 Å². The lowest BCUT2D eigenvalue weighted by Gasteiger charge is -2.35. The van der Waals surface area contributed by atoms with Crippen LogP contribution in [0.2, 0.25) is 0 Å². The summed E-state index contributed by atoms with van der Waals surface area (Å²) in [4.78, 5) is 2.68. The summed E-state index contributed by atoms with van der Waals surface area (Å²) in [5, 5.41) is 3.80. The first-order valence-electron chi connectivity index (χ1n) is 7.96. The van der Waals surface area contributed by atoms with Crippen molar-refractivity contribution in [3.8, 4) is 0 Å². The van der Waals surface area contributed by atoms with E-state index >= 15 is 0 Å². The van der Waals surface area contributed by atoms with Crippen LogP contribution in [0.3, 0.4) is 0 Å². The summed E-state index contributed by atoms with van der Waals surface area (Å²) < 4.78 is 0. The van der Waals surface area contributed by atoms with E-state index in [-0.39, 0.29) is 0 Å². The molecule has 0 spiro atoms. The maximum Gasteiger partial charge on any atom is 0.0412 e. The Morgan fingerprint density at radius 2 is 1.95 bits per heavy atom. The van der Waals surface area contributed by atoms with Crippen LogP contribution in [-0.2, 0) is 6.54 Å². The lowest BCUT2D eigenvalue weighted by Crippen LogP contribution is -2.42. The smallest absolute Gasteiger partial charge is 0.0412 e. The largest absolute Gasteiger partial charge is 0.369 e. The summed E-state index contributed by atoms with van der Waals surface area (Å²) in [6.07, 6.45) is 7.21. The van der Waals surface area contributed by atoms with Gasteiger partial charge >= 0.3 is 0 Å². The first-order valence-corrected chi connectivity index (χ1v) is 7.96. The fourth-order valence-electron chi connectivity index (χ4n) is 3.58. The van der Waals surface area contributed by atoms with E-state index in [1.807, 2.05) is 0 Å². The van der Waals surface area contributed by atoms with Crippen molar-refractivity contribution in [3.05, 3.63) is 29.8 Å². The van der Waals surface area contributed by atoms with Gasteiger partial charge in [-0.15, -0.1) is 0 Å². The predicted octanol–water partition coefficient (Wildman–Crippen LogP) is 3.17. The molecular formula is C17H24N2. The lowest BCUT2D eigenvalue weighted by molar-refractivity contribution is 0.313. The van der Waals surface area contributed by atoms with Gasteiger partial charge in [-0.2, -0.15) is 0 Å². The molecule has 1 atom stereocenters.